The van der Waals surface area contributed by atoms with Crippen molar-refractivity contribution < 1.29 is 45.8 Å². The van der Waals surface area contributed by atoms with E-state index in [9.17, 15) is 31.5 Å². The molecular weight excluding hydrogens is 689 g/mol. The molecular formula is C37H34F5N5O5. The maximum absolute atomic E-state index is 13.6. The van der Waals surface area contributed by atoms with Crippen LogP contribution < -0.4 is 19.1 Å². The molecule has 5 aromatic rings. The van der Waals surface area contributed by atoms with Gasteiger partial charge in [0.25, 0.3) is 11.8 Å². The molecule has 0 saturated carbocycles. The molecule has 0 atom stereocenters. The highest BCUT2D eigenvalue weighted by atomic mass is 19.4. The fourth-order valence-corrected chi connectivity index (χ4v) is 5.81. The maximum atomic E-state index is 13.6. The van der Waals surface area contributed by atoms with Gasteiger partial charge in [0.1, 0.15) is 22.9 Å². The van der Waals surface area contributed by atoms with Crippen molar-refractivity contribution in [1.29, 1.82) is 0 Å². The Morgan fingerprint density at radius 1 is 0.865 bits per heavy atom. The van der Waals surface area contributed by atoms with Gasteiger partial charge in [0, 0.05) is 69.9 Å². The topological polar surface area (TPSA) is 89.4 Å². The van der Waals surface area contributed by atoms with E-state index in [4.69, 9.17) is 9.47 Å². The number of carbonyl (C=O) groups is 2. The summed E-state index contributed by atoms with van der Waals surface area (Å²) in [6, 6.07) is 22.5. The number of pyridine rings is 1. The first-order valence-electron chi connectivity index (χ1n) is 16.2. The van der Waals surface area contributed by atoms with Crippen LogP contribution in [0.5, 0.6) is 23.1 Å². The molecule has 0 spiro atoms. The van der Waals surface area contributed by atoms with Crippen LogP contribution in [0.25, 0.3) is 10.9 Å². The minimum atomic E-state index is -4.39. The molecule has 2 amide bonds. The van der Waals surface area contributed by atoms with Crippen molar-refractivity contribution in [3.8, 4) is 23.1 Å². The zero-order valence-electron chi connectivity index (χ0n) is 28.1. The van der Waals surface area contributed by atoms with Crippen LogP contribution >= 0.6 is 0 Å². The molecule has 1 aliphatic rings. The summed E-state index contributed by atoms with van der Waals surface area (Å²) in [6.45, 7) is -1.37. The number of benzene rings is 3. The van der Waals surface area contributed by atoms with Crippen molar-refractivity contribution in [2.45, 2.75) is 19.3 Å². The lowest BCUT2D eigenvalue weighted by molar-refractivity contribution is -0.153. The maximum Gasteiger partial charge on any atom is 0.422 e. The van der Waals surface area contributed by atoms with Crippen molar-refractivity contribution in [3.63, 3.8) is 0 Å². The lowest BCUT2D eigenvalue weighted by Crippen LogP contribution is -2.48. The highest BCUT2D eigenvalue weighted by molar-refractivity contribution is 6.05. The van der Waals surface area contributed by atoms with Crippen molar-refractivity contribution in [2.24, 2.45) is 7.05 Å². The first-order chi connectivity index (χ1) is 24.8. The first kappa shape index (κ1) is 36.1. The normalized spacial score (nSPS) is 13.7. The van der Waals surface area contributed by atoms with Crippen LogP contribution in [0.3, 0.4) is 0 Å². The van der Waals surface area contributed by atoms with Crippen LogP contribution in [0, 0.1) is 0 Å². The molecule has 3 aromatic carbocycles. The zero-order valence-corrected chi connectivity index (χ0v) is 28.1. The first-order valence-corrected chi connectivity index (χ1v) is 16.2. The van der Waals surface area contributed by atoms with Crippen molar-refractivity contribution in [2.75, 3.05) is 44.7 Å². The number of halogens is 5. The Morgan fingerprint density at radius 3 is 2.17 bits per heavy atom. The lowest BCUT2D eigenvalue weighted by Gasteiger charge is -2.34. The van der Waals surface area contributed by atoms with Crippen LogP contribution in [0.15, 0.2) is 91.1 Å². The van der Waals surface area contributed by atoms with E-state index in [0.29, 0.717) is 49.9 Å². The van der Waals surface area contributed by atoms with Gasteiger partial charge < -0.3 is 28.6 Å². The number of anilines is 1. The average molecular weight is 724 g/mol. The fraction of sp³-hybridized carbons (Fsp3) is 0.270. The van der Waals surface area contributed by atoms with Crippen LogP contribution in [-0.4, -0.2) is 83.8 Å². The number of hydrogen-bond acceptors (Lipinski definition) is 7. The van der Waals surface area contributed by atoms with E-state index in [2.05, 4.69) is 14.6 Å². The summed E-state index contributed by atoms with van der Waals surface area (Å²) in [7, 11) is 3.38. The number of fused-ring (bicyclic) bond motifs is 1. The molecule has 0 N–H and O–H groups in total. The van der Waals surface area contributed by atoms with E-state index in [1.54, 1.807) is 42.3 Å². The second kappa shape index (κ2) is 15.3. The molecule has 10 nitrogen and oxygen atoms in total. The molecule has 1 saturated heterocycles. The number of alkyl halides is 5. The Balaban J connectivity index is 1.03. The summed E-state index contributed by atoms with van der Waals surface area (Å²) in [6.07, 6.45) is -2.91. The van der Waals surface area contributed by atoms with Crippen molar-refractivity contribution in [1.82, 2.24) is 19.4 Å². The van der Waals surface area contributed by atoms with E-state index in [-0.39, 0.29) is 34.8 Å². The molecule has 0 aliphatic carbocycles. The Hall–Kier alpha value is -5.70. The number of carbonyl (C=O) groups excluding carboxylic acids is 2. The minimum absolute atomic E-state index is 0.0484. The zero-order chi connectivity index (χ0) is 37.0. The molecule has 0 radical (unpaired) electrons. The lowest BCUT2D eigenvalue weighted by atomic mass is 10.2. The number of ether oxygens (including phenoxy) is 3. The number of nitrogens with zero attached hydrogens (tertiary/aromatic N) is 5. The summed E-state index contributed by atoms with van der Waals surface area (Å²) >= 11 is 0. The van der Waals surface area contributed by atoms with Crippen LogP contribution in [0.1, 0.15) is 26.4 Å². The Kier molecular flexibility index (Phi) is 10.6. The molecule has 1 fully saturated rings. The van der Waals surface area contributed by atoms with Crippen molar-refractivity contribution in [3.05, 3.63) is 108 Å². The number of hydrogen-bond donors (Lipinski definition) is 0. The molecule has 3 heterocycles. The summed E-state index contributed by atoms with van der Waals surface area (Å²) in [5.74, 6) is 0.423. The van der Waals surface area contributed by atoms with Gasteiger partial charge in [-0.1, -0.05) is 12.1 Å². The van der Waals surface area contributed by atoms with Crippen LogP contribution in [0.2, 0.25) is 0 Å². The number of amides is 2. The molecule has 2 aromatic heterocycles. The highest BCUT2D eigenvalue weighted by Gasteiger charge is 2.28. The fourth-order valence-electron chi connectivity index (χ4n) is 5.81. The smallest absolute Gasteiger partial charge is 0.422 e. The van der Waals surface area contributed by atoms with E-state index in [1.807, 2.05) is 29.8 Å². The predicted octanol–water partition coefficient (Wildman–Crippen LogP) is 7.14. The van der Waals surface area contributed by atoms with Gasteiger partial charge in [-0.3, -0.25) is 14.5 Å². The Morgan fingerprint density at radius 2 is 1.54 bits per heavy atom. The van der Waals surface area contributed by atoms with Gasteiger partial charge in [-0.2, -0.15) is 22.0 Å². The standard InChI is InChI=1S/C37H34F5N5O5/c1-44(34(48)25-5-11-29(12-6-25)52-36(38)39)27-8-14-33(43-21-27)51-30-13-7-26-19-32(45(2)31(26)20-30)35(49)47-17-15-46(16-18-47)22-24-3-9-28(10-4-24)50-23-37(40,41)42/h3-14,19-21,36H,15-18,22-23H2,1-2H3. The molecule has 1 aliphatic heterocycles. The van der Waals surface area contributed by atoms with Crippen molar-refractivity contribution >= 4 is 28.4 Å². The molecule has 6 rings (SSSR count). The summed E-state index contributed by atoms with van der Waals surface area (Å²) in [5.41, 5.74) is 3.02. The summed E-state index contributed by atoms with van der Waals surface area (Å²) < 4.78 is 79.0. The highest BCUT2D eigenvalue weighted by Crippen LogP contribution is 2.29. The van der Waals surface area contributed by atoms with E-state index >= 15 is 0 Å². The second-order valence-corrected chi connectivity index (χ2v) is 12.1. The van der Waals surface area contributed by atoms with Gasteiger partial charge in [0.2, 0.25) is 5.88 Å². The monoisotopic (exact) mass is 723 g/mol. The van der Waals surface area contributed by atoms with Crippen LogP contribution in [-0.2, 0) is 13.6 Å². The SMILES string of the molecule is CN(C(=O)c1ccc(OC(F)F)cc1)c1ccc(Oc2ccc3cc(C(=O)N4CCN(Cc5ccc(OCC(F)(F)F)cc5)CC4)n(C)c3c2)nc1. The van der Waals surface area contributed by atoms with E-state index < -0.39 is 19.4 Å². The number of aromatic nitrogens is 2. The van der Waals surface area contributed by atoms with Gasteiger partial charge in [0.15, 0.2) is 6.61 Å². The van der Waals surface area contributed by atoms with E-state index in [0.717, 1.165) is 16.5 Å². The molecule has 0 bridgehead atoms. The molecule has 272 valence electrons. The van der Waals surface area contributed by atoms with Gasteiger partial charge in [-0.05, 0) is 66.2 Å². The van der Waals surface area contributed by atoms with Gasteiger partial charge in [-0.25, -0.2) is 4.98 Å². The molecule has 52 heavy (non-hydrogen) atoms. The minimum Gasteiger partial charge on any atom is -0.484 e. The predicted molar refractivity (Wildman–Crippen MR) is 182 cm³/mol. The summed E-state index contributed by atoms with van der Waals surface area (Å²) in [5, 5.41) is 0.858. The quantitative estimate of drug-likeness (QED) is 0.134. The number of piperazine rings is 1. The van der Waals surface area contributed by atoms with E-state index in [1.165, 1.54) is 47.5 Å². The Labute approximate surface area is 295 Å². The largest absolute Gasteiger partial charge is 0.484 e. The summed E-state index contributed by atoms with van der Waals surface area (Å²) in [4.78, 5) is 36.2. The third kappa shape index (κ3) is 8.77. The second-order valence-electron chi connectivity index (χ2n) is 12.1. The number of aryl methyl sites for hydroxylation is 1. The average Bonchev–Trinajstić information content (AvgIpc) is 3.46. The third-order valence-corrected chi connectivity index (χ3v) is 8.59. The number of rotatable bonds is 11. The Bertz CT molecular complexity index is 2010. The van der Waals surface area contributed by atoms with Crippen LogP contribution in [0.4, 0.5) is 27.6 Å². The van der Waals surface area contributed by atoms with Gasteiger partial charge in [0.05, 0.1) is 17.4 Å². The van der Waals surface area contributed by atoms with Gasteiger partial charge >= 0.3 is 12.8 Å². The van der Waals surface area contributed by atoms with Gasteiger partial charge in [-0.15, -0.1) is 0 Å². The molecule has 0 unspecified atom stereocenters. The molecule has 15 heteroatoms. The third-order valence-electron chi connectivity index (χ3n) is 8.59.